The molecule has 0 saturated carbocycles. The van der Waals surface area contributed by atoms with Crippen molar-refractivity contribution in [2.24, 2.45) is 0 Å². The Hall–Kier alpha value is -0.995. The van der Waals surface area contributed by atoms with Crippen LogP contribution in [-0.2, 0) is 22.3 Å². The van der Waals surface area contributed by atoms with E-state index in [0.717, 1.165) is 17.6 Å². The molecule has 1 aromatic carbocycles. The molecule has 0 N–H and O–H groups in total. The fourth-order valence-corrected chi connectivity index (χ4v) is 2.38. The number of rotatable bonds is 1. The molecule has 84 valence electrons. The van der Waals surface area contributed by atoms with Crippen LogP contribution in [0.3, 0.4) is 0 Å². The second kappa shape index (κ2) is 3.79. The average molecular weight is 218 g/mol. The molecule has 0 aliphatic carbocycles. The molecule has 0 fully saturated rings. The second-order valence-corrected chi connectivity index (χ2v) is 4.37. The van der Waals surface area contributed by atoms with E-state index in [2.05, 4.69) is 13.0 Å². The lowest BCUT2D eigenvalue weighted by molar-refractivity contribution is 0.117. The Balaban J connectivity index is 2.11. The summed E-state index contributed by atoms with van der Waals surface area (Å²) in [5.41, 5.74) is 3.71. The van der Waals surface area contributed by atoms with Gasteiger partial charge in [-0.2, -0.15) is 0 Å². The molecule has 0 saturated heterocycles. The molecule has 0 bridgehead atoms. The molecule has 1 unspecified atom stereocenters. The number of benzene rings is 1. The van der Waals surface area contributed by atoms with Crippen LogP contribution in [0.1, 0.15) is 25.0 Å². The third-order valence-corrected chi connectivity index (χ3v) is 3.24. The molecule has 3 rings (SSSR count). The van der Waals surface area contributed by atoms with Gasteiger partial charge < -0.3 is 14.0 Å². The van der Waals surface area contributed by atoms with Crippen LogP contribution in [0.25, 0.3) is 0 Å². The Labute approximate surface area is 95.8 Å². The van der Waals surface area contributed by atoms with Gasteiger partial charge in [0.15, 0.2) is 0 Å². The molecule has 0 spiro atoms. The first-order valence-corrected chi connectivity index (χ1v) is 5.84. The summed E-state index contributed by atoms with van der Waals surface area (Å²) >= 11 is 0. The average Bonchev–Trinajstić information content (AvgIpc) is 2.62. The zero-order valence-corrected chi connectivity index (χ0v) is 9.66. The van der Waals surface area contributed by atoms with Crippen molar-refractivity contribution in [3.05, 3.63) is 23.3 Å². The van der Waals surface area contributed by atoms with Gasteiger partial charge in [-0.15, -0.1) is 0 Å². The Bertz CT molecular complexity index is 419. The van der Waals surface area contributed by atoms with Crippen LogP contribution in [0.5, 0.6) is 5.75 Å². The number of ether oxygens (including phenoxy) is 1. The van der Waals surface area contributed by atoms with Crippen molar-refractivity contribution in [3.63, 3.8) is 0 Å². The molecule has 2 aliphatic heterocycles. The van der Waals surface area contributed by atoms with E-state index in [-0.39, 0.29) is 13.2 Å². The van der Waals surface area contributed by atoms with Crippen LogP contribution in [0.2, 0.25) is 0 Å². The molecular weight excluding hydrogens is 203 g/mol. The highest BCUT2D eigenvalue weighted by Crippen LogP contribution is 2.26. The Morgan fingerprint density at radius 3 is 3.12 bits per heavy atom. The molecule has 0 radical (unpaired) electrons. The summed E-state index contributed by atoms with van der Waals surface area (Å²) in [4.78, 5) is 0. The first-order chi connectivity index (χ1) is 7.79. The minimum absolute atomic E-state index is 0.0772. The van der Waals surface area contributed by atoms with E-state index >= 15 is 0 Å². The summed E-state index contributed by atoms with van der Waals surface area (Å²) < 4.78 is 17.2. The third-order valence-electron chi connectivity index (χ3n) is 3.24. The van der Waals surface area contributed by atoms with E-state index in [4.69, 9.17) is 14.0 Å². The predicted octanol–water partition coefficient (Wildman–Crippen LogP) is 1.27. The first-order valence-electron chi connectivity index (χ1n) is 5.84. The Kier molecular flexibility index (Phi) is 2.41. The van der Waals surface area contributed by atoms with Crippen LogP contribution in [-0.4, -0.2) is 19.8 Å². The monoisotopic (exact) mass is 218 g/mol. The van der Waals surface area contributed by atoms with Crippen molar-refractivity contribution >= 4 is 12.6 Å². The molecule has 0 aromatic heterocycles. The van der Waals surface area contributed by atoms with E-state index in [1.165, 1.54) is 11.1 Å². The smallest absolute Gasteiger partial charge is 0.491 e. The number of hydrogen-bond donors (Lipinski definition) is 0. The highest BCUT2D eigenvalue weighted by atomic mass is 16.6. The number of aryl methyl sites for hydroxylation is 1. The fourth-order valence-electron chi connectivity index (χ4n) is 2.38. The fraction of sp³-hybridized carbons (Fsp3) is 0.500. The maximum Gasteiger partial charge on any atom is 0.498 e. The van der Waals surface area contributed by atoms with E-state index in [0.29, 0.717) is 13.2 Å². The van der Waals surface area contributed by atoms with Crippen molar-refractivity contribution in [2.75, 3.05) is 6.61 Å². The minimum Gasteiger partial charge on any atom is -0.491 e. The van der Waals surface area contributed by atoms with E-state index in [9.17, 15) is 0 Å². The standard InChI is InChI=1S/C12H15BO3/c1-3-9-4-5-11-12-10(9)7-15-13(12)16-8(2)6-14-11/h4-5,8H,3,6-7H2,1-2H3. The maximum absolute atomic E-state index is 5.79. The van der Waals surface area contributed by atoms with Gasteiger partial charge in [0.05, 0.1) is 12.7 Å². The minimum atomic E-state index is -0.228. The van der Waals surface area contributed by atoms with Crippen LogP contribution in [0.15, 0.2) is 12.1 Å². The second-order valence-electron chi connectivity index (χ2n) is 4.37. The van der Waals surface area contributed by atoms with Crippen molar-refractivity contribution in [2.45, 2.75) is 33.0 Å². The maximum atomic E-state index is 5.79. The highest BCUT2D eigenvalue weighted by Gasteiger charge is 2.38. The van der Waals surface area contributed by atoms with E-state index < -0.39 is 0 Å². The van der Waals surface area contributed by atoms with Gasteiger partial charge in [-0.1, -0.05) is 13.0 Å². The van der Waals surface area contributed by atoms with Gasteiger partial charge in [0.2, 0.25) is 0 Å². The van der Waals surface area contributed by atoms with Gasteiger partial charge >= 0.3 is 7.12 Å². The van der Waals surface area contributed by atoms with Crippen LogP contribution in [0, 0.1) is 0 Å². The van der Waals surface area contributed by atoms with Crippen LogP contribution in [0.4, 0.5) is 0 Å². The molecule has 2 heterocycles. The molecule has 16 heavy (non-hydrogen) atoms. The summed E-state index contributed by atoms with van der Waals surface area (Å²) in [6.45, 7) is 5.41. The van der Waals surface area contributed by atoms with Crippen molar-refractivity contribution in [1.82, 2.24) is 0 Å². The van der Waals surface area contributed by atoms with Crippen molar-refractivity contribution in [1.29, 1.82) is 0 Å². The summed E-state index contributed by atoms with van der Waals surface area (Å²) in [5, 5.41) is 0. The lowest BCUT2D eigenvalue weighted by Gasteiger charge is -2.11. The Morgan fingerprint density at radius 2 is 2.31 bits per heavy atom. The molecule has 1 atom stereocenters. The van der Waals surface area contributed by atoms with Gasteiger partial charge in [-0.3, -0.25) is 0 Å². The normalized spacial score (nSPS) is 22.6. The zero-order valence-electron chi connectivity index (χ0n) is 9.66. The first kappa shape index (κ1) is 10.2. The van der Waals surface area contributed by atoms with Crippen LogP contribution < -0.4 is 10.2 Å². The van der Waals surface area contributed by atoms with Crippen LogP contribution >= 0.6 is 0 Å². The molecular formula is C12H15BO3. The summed E-state index contributed by atoms with van der Waals surface area (Å²) in [5.74, 6) is 0.930. The van der Waals surface area contributed by atoms with Gasteiger partial charge in [-0.25, -0.2) is 0 Å². The van der Waals surface area contributed by atoms with E-state index in [1.807, 2.05) is 13.0 Å². The predicted molar refractivity (Wildman–Crippen MR) is 62.0 cm³/mol. The topological polar surface area (TPSA) is 27.7 Å². The zero-order chi connectivity index (χ0) is 11.1. The summed E-state index contributed by atoms with van der Waals surface area (Å²) in [6.07, 6.45) is 1.10. The largest absolute Gasteiger partial charge is 0.498 e. The van der Waals surface area contributed by atoms with Gasteiger partial charge in [0.1, 0.15) is 12.4 Å². The quantitative estimate of drug-likeness (QED) is 0.664. The summed E-state index contributed by atoms with van der Waals surface area (Å²) in [6, 6.07) is 4.18. The lowest BCUT2D eigenvalue weighted by atomic mass is 9.76. The molecule has 3 nitrogen and oxygen atoms in total. The highest BCUT2D eigenvalue weighted by molar-refractivity contribution is 6.64. The number of hydrogen-bond acceptors (Lipinski definition) is 3. The Morgan fingerprint density at radius 1 is 1.44 bits per heavy atom. The molecule has 1 aromatic rings. The SMILES string of the molecule is CCc1ccc2c3c1COB3OC(C)CO2. The van der Waals surface area contributed by atoms with Crippen molar-refractivity contribution < 1.29 is 14.0 Å². The molecule has 4 heteroatoms. The van der Waals surface area contributed by atoms with Gasteiger partial charge in [0.25, 0.3) is 0 Å². The molecule has 0 amide bonds. The lowest BCUT2D eigenvalue weighted by Crippen LogP contribution is -2.34. The molecule has 2 aliphatic rings. The van der Waals surface area contributed by atoms with E-state index in [1.54, 1.807) is 0 Å². The third kappa shape index (κ3) is 1.45. The summed E-state index contributed by atoms with van der Waals surface area (Å²) in [7, 11) is -0.228. The van der Waals surface area contributed by atoms with Gasteiger partial charge in [-0.05, 0) is 30.5 Å². The van der Waals surface area contributed by atoms with Crippen molar-refractivity contribution in [3.8, 4) is 5.75 Å². The van der Waals surface area contributed by atoms with Gasteiger partial charge in [0, 0.05) is 5.46 Å².